The van der Waals surface area contributed by atoms with Crippen LogP contribution in [-0.2, 0) is 18.8 Å². The molecule has 0 saturated carbocycles. The largest absolute Gasteiger partial charge is 0.491 e. The summed E-state index contributed by atoms with van der Waals surface area (Å²) in [6.45, 7) is 5.15. The van der Waals surface area contributed by atoms with Crippen LogP contribution in [0.2, 0.25) is 0 Å². The van der Waals surface area contributed by atoms with E-state index in [1.807, 2.05) is 30.3 Å². The predicted molar refractivity (Wildman–Crippen MR) is 154 cm³/mol. The lowest BCUT2D eigenvalue weighted by Gasteiger charge is -2.29. The second-order valence-electron chi connectivity index (χ2n) is 9.44. The Kier molecular flexibility index (Phi) is 20.1. The molecule has 0 heterocycles. The van der Waals surface area contributed by atoms with Gasteiger partial charge < -0.3 is 29.0 Å². The maximum absolute atomic E-state index is 11.8. The smallest absolute Gasteiger partial charge is 0.346 e. The molecule has 0 amide bonds. The molecule has 1 aromatic carbocycles. The maximum atomic E-state index is 11.8. The zero-order valence-corrected chi connectivity index (χ0v) is 24.7. The van der Waals surface area contributed by atoms with Gasteiger partial charge in [0.1, 0.15) is 32.4 Å². The number of thioether (sulfide) groups is 1. The summed E-state index contributed by atoms with van der Waals surface area (Å²) >= 11 is 1.20. The van der Waals surface area contributed by atoms with Gasteiger partial charge in [-0.15, -0.1) is 11.8 Å². The highest BCUT2D eigenvalue weighted by Crippen LogP contribution is 2.34. The first kappa shape index (κ1) is 34.0. The number of carbonyl (C=O) groups is 1. The average molecular weight is 561 g/mol. The normalized spacial score (nSPS) is 15.0. The Morgan fingerprint density at radius 1 is 0.892 bits per heavy atom. The van der Waals surface area contributed by atoms with E-state index < -0.39 is 31.3 Å². The van der Waals surface area contributed by atoms with Crippen molar-refractivity contribution in [1.82, 2.24) is 0 Å². The Labute approximate surface area is 229 Å². The third-order valence-corrected chi connectivity index (χ3v) is 8.59. The van der Waals surface area contributed by atoms with Gasteiger partial charge in [-0.25, -0.2) is 4.79 Å². The Morgan fingerprint density at radius 2 is 1.49 bits per heavy atom. The van der Waals surface area contributed by atoms with Crippen LogP contribution in [0.25, 0.3) is 0 Å². The Morgan fingerprint density at radius 3 is 2.08 bits per heavy atom. The number of aliphatic hydroxyl groups is 1. The molecular formula is C28H49O7PS. The topological polar surface area (TPSA) is 102 Å². The lowest BCUT2D eigenvalue weighted by molar-refractivity contribution is -0.157. The van der Waals surface area contributed by atoms with Crippen molar-refractivity contribution in [2.75, 3.05) is 25.6 Å². The van der Waals surface area contributed by atoms with Gasteiger partial charge in [-0.05, 0) is 30.7 Å². The fourth-order valence-electron chi connectivity index (χ4n) is 3.76. The molecule has 0 saturated heterocycles. The highest BCUT2D eigenvalue weighted by Gasteiger charge is 2.45. The summed E-state index contributed by atoms with van der Waals surface area (Å²) in [7, 11) is -2.00. The van der Waals surface area contributed by atoms with Crippen LogP contribution < -0.4 is 4.74 Å². The number of unbranched alkanes of at least 4 members (excludes halogenated alkanes) is 10. The van der Waals surface area contributed by atoms with E-state index in [0.717, 1.165) is 38.5 Å². The van der Waals surface area contributed by atoms with Crippen LogP contribution >= 0.6 is 20.2 Å². The molecular weight excluding hydrogens is 511 g/mol. The van der Waals surface area contributed by atoms with Crippen molar-refractivity contribution in [3.05, 3.63) is 30.3 Å². The molecule has 0 radical (unpaired) electrons. The third kappa shape index (κ3) is 15.2. The van der Waals surface area contributed by atoms with Crippen LogP contribution in [0.4, 0.5) is 0 Å². The first-order valence-corrected chi connectivity index (χ1v) is 16.0. The van der Waals surface area contributed by atoms with Crippen LogP contribution in [0.5, 0.6) is 5.75 Å². The van der Waals surface area contributed by atoms with Gasteiger partial charge in [-0.3, -0.25) is 0 Å². The molecule has 9 heteroatoms. The predicted octanol–water partition coefficient (Wildman–Crippen LogP) is 6.78. The van der Waals surface area contributed by atoms with E-state index in [9.17, 15) is 19.6 Å². The Balaban J connectivity index is 2.66. The number of carboxylic acids is 1. The molecule has 1 aromatic rings. The first-order chi connectivity index (χ1) is 18.0. The molecule has 7 nitrogen and oxygen atoms in total. The van der Waals surface area contributed by atoms with E-state index in [0.29, 0.717) is 18.1 Å². The van der Waals surface area contributed by atoms with Crippen molar-refractivity contribution < 1.29 is 33.8 Å². The summed E-state index contributed by atoms with van der Waals surface area (Å²) in [5, 5.41) is 17.8. The van der Waals surface area contributed by atoms with E-state index >= 15 is 0 Å². The Bertz CT molecular complexity index is 709. The minimum atomic E-state index is -2.42. The highest BCUT2D eigenvalue weighted by molar-refractivity contribution is 8.00. The monoisotopic (exact) mass is 560 g/mol. The summed E-state index contributed by atoms with van der Waals surface area (Å²) in [4.78, 5) is 11.8. The van der Waals surface area contributed by atoms with E-state index in [-0.39, 0.29) is 13.2 Å². The number of para-hydroxylation sites is 1. The molecule has 0 bridgehead atoms. The number of benzene rings is 1. The molecule has 0 aliphatic rings. The molecule has 4 unspecified atom stereocenters. The van der Waals surface area contributed by atoms with E-state index in [4.69, 9.17) is 14.2 Å². The second-order valence-corrected chi connectivity index (χ2v) is 11.7. The van der Waals surface area contributed by atoms with Crippen molar-refractivity contribution in [3.8, 4) is 5.75 Å². The molecule has 37 heavy (non-hydrogen) atoms. The number of aliphatic carboxylic acids is 1. The molecule has 0 aromatic heterocycles. The summed E-state index contributed by atoms with van der Waals surface area (Å²) in [5.41, 5.74) is -1.15. The van der Waals surface area contributed by atoms with E-state index in [1.165, 1.54) is 50.3 Å². The van der Waals surface area contributed by atoms with Crippen molar-refractivity contribution in [2.45, 2.75) is 108 Å². The maximum Gasteiger partial charge on any atom is 0.346 e. The quantitative estimate of drug-likeness (QED) is 0.0767. The summed E-state index contributed by atoms with van der Waals surface area (Å²) in [6, 6.07) is 9.39. The fraction of sp³-hybridized carbons (Fsp3) is 0.750. The van der Waals surface area contributed by atoms with Crippen molar-refractivity contribution in [1.29, 1.82) is 0 Å². The van der Waals surface area contributed by atoms with Crippen LogP contribution in [-0.4, -0.2) is 58.6 Å². The molecule has 214 valence electrons. The number of rotatable bonds is 25. The van der Waals surface area contributed by atoms with Gasteiger partial charge in [0.2, 0.25) is 5.34 Å². The van der Waals surface area contributed by atoms with E-state index in [1.54, 1.807) is 0 Å². The minimum Gasteiger partial charge on any atom is -0.491 e. The average Bonchev–Trinajstić information content (AvgIpc) is 2.91. The number of hydrogen-bond donors (Lipinski definition) is 2. The summed E-state index contributed by atoms with van der Waals surface area (Å²) < 4.78 is 29.6. The van der Waals surface area contributed by atoms with Gasteiger partial charge >= 0.3 is 5.97 Å². The minimum absolute atomic E-state index is 0.0332. The molecule has 0 spiro atoms. The molecule has 0 aliphatic carbocycles. The van der Waals surface area contributed by atoms with Gasteiger partial charge in [-0.2, -0.15) is 0 Å². The first-order valence-electron chi connectivity index (χ1n) is 13.9. The third-order valence-electron chi connectivity index (χ3n) is 6.11. The summed E-state index contributed by atoms with van der Waals surface area (Å²) in [6.07, 6.45) is 13.2. The van der Waals surface area contributed by atoms with E-state index in [2.05, 4.69) is 13.8 Å². The Hall–Kier alpha value is -1.05. The van der Waals surface area contributed by atoms with Gasteiger partial charge in [-0.1, -0.05) is 96.3 Å². The van der Waals surface area contributed by atoms with Crippen LogP contribution in [0, 0.1) is 0 Å². The van der Waals surface area contributed by atoms with Gasteiger partial charge in [0.25, 0.3) is 0 Å². The molecule has 4 atom stereocenters. The summed E-state index contributed by atoms with van der Waals surface area (Å²) in [5.74, 6) is -0.208. The number of ether oxygens (including phenoxy) is 3. The number of carboxylic acid groups (broad SMARTS) is 1. The molecule has 1 rings (SSSR count). The van der Waals surface area contributed by atoms with Crippen LogP contribution in [0.1, 0.15) is 90.9 Å². The fourth-order valence-corrected chi connectivity index (χ4v) is 5.64. The lowest BCUT2D eigenvalue weighted by atomic mass is 10.1. The SMILES string of the molecule is CCCCCCCCCCOC(COc1ccccc1)COC(SCCCCCC)C(O)([PH2]=O)C(=O)O. The van der Waals surface area contributed by atoms with Crippen molar-refractivity contribution in [2.24, 2.45) is 0 Å². The second kappa shape index (κ2) is 21.8. The van der Waals surface area contributed by atoms with Crippen LogP contribution in [0.3, 0.4) is 0 Å². The molecule has 0 aliphatic heterocycles. The molecule has 2 N–H and O–H groups in total. The van der Waals surface area contributed by atoms with Gasteiger partial charge in [0, 0.05) is 6.61 Å². The lowest BCUT2D eigenvalue weighted by Crippen LogP contribution is -2.46. The van der Waals surface area contributed by atoms with Gasteiger partial charge in [0.05, 0.1) is 6.61 Å². The van der Waals surface area contributed by atoms with Crippen LogP contribution in [0.15, 0.2) is 30.3 Å². The standard InChI is InChI=1S/C28H49O7PS/c1-3-5-7-9-10-11-12-16-20-33-25(22-34-24-18-14-13-15-19-24)23-35-27(28(31,36-32)26(29)30)37-21-17-8-6-4-2/h13-15,18-19,25,27,31H,3-12,16-17,20-23,36H2,1-2H3,(H,29,30). The van der Waals surface area contributed by atoms with Gasteiger partial charge in [0.15, 0.2) is 0 Å². The molecule has 0 fully saturated rings. The van der Waals surface area contributed by atoms with Crippen molar-refractivity contribution in [3.63, 3.8) is 0 Å². The zero-order valence-electron chi connectivity index (χ0n) is 22.8. The highest BCUT2D eigenvalue weighted by atomic mass is 32.2. The number of hydrogen-bond acceptors (Lipinski definition) is 7. The van der Waals surface area contributed by atoms with Crippen molar-refractivity contribution >= 4 is 26.2 Å². The zero-order chi connectivity index (χ0) is 27.2.